The number of nitrogens with one attached hydrogen (secondary N) is 1. The Morgan fingerprint density at radius 3 is 2.10 bits per heavy atom. The molecule has 2 rings (SSSR count). The van der Waals surface area contributed by atoms with Crippen molar-refractivity contribution in [2.75, 3.05) is 4.72 Å². The number of hydrogen-bond donors (Lipinski definition) is 2. The molecule has 0 radical (unpaired) electrons. The largest absolute Gasteiger partial charge is 0.280 e. The van der Waals surface area contributed by atoms with Crippen molar-refractivity contribution in [3.8, 4) is 0 Å². The third-order valence-corrected chi connectivity index (χ3v) is 4.87. The minimum absolute atomic E-state index is 0.257. The first-order valence-electron chi connectivity index (χ1n) is 5.60. The lowest BCUT2D eigenvalue weighted by Gasteiger charge is -2.09. The van der Waals surface area contributed by atoms with Crippen molar-refractivity contribution < 1.29 is 21.2 Å². The molecule has 2 aromatic rings. The van der Waals surface area contributed by atoms with E-state index in [0.29, 0.717) is 6.07 Å². The normalized spacial score (nSPS) is 12.1. The summed E-state index contributed by atoms with van der Waals surface area (Å²) in [4.78, 5) is -1.17. The van der Waals surface area contributed by atoms with Gasteiger partial charge in [0.1, 0.15) is 10.7 Å². The van der Waals surface area contributed by atoms with E-state index in [4.69, 9.17) is 5.14 Å². The van der Waals surface area contributed by atoms with Gasteiger partial charge >= 0.3 is 0 Å². The number of nitrogens with two attached hydrogens (primary N) is 1. The molecule has 2 aromatic carbocycles. The molecule has 0 aliphatic rings. The van der Waals surface area contributed by atoms with Gasteiger partial charge in [-0.1, -0.05) is 18.2 Å². The molecular weight excluding hydrogens is 319 g/mol. The van der Waals surface area contributed by atoms with Gasteiger partial charge in [-0.2, -0.15) is 0 Å². The standard InChI is InChI=1S/C12H11FN2O4S2/c13-11-8-10(20(14,16)17)6-7-12(11)21(18,19)15-9-4-2-1-3-5-9/h1-8,15H,(H2,14,16,17). The van der Waals surface area contributed by atoms with E-state index in [-0.39, 0.29) is 5.69 Å². The van der Waals surface area contributed by atoms with Crippen LogP contribution in [0.2, 0.25) is 0 Å². The molecule has 21 heavy (non-hydrogen) atoms. The maximum atomic E-state index is 13.8. The summed E-state index contributed by atoms with van der Waals surface area (Å²) < 4.78 is 62.3. The van der Waals surface area contributed by atoms with E-state index in [1.165, 1.54) is 12.1 Å². The van der Waals surface area contributed by atoms with E-state index in [1.54, 1.807) is 18.2 Å². The molecule has 0 amide bonds. The number of benzene rings is 2. The summed E-state index contributed by atoms with van der Waals surface area (Å²) in [5.74, 6) is -1.20. The van der Waals surface area contributed by atoms with Gasteiger partial charge in [-0.05, 0) is 30.3 Å². The van der Waals surface area contributed by atoms with Gasteiger partial charge < -0.3 is 0 Å². The van der Waals surface area contributed by atoms with E-state index >= 15 is 0 Å². The lowest BCUT2D eigenvalue weighted by atomic mass is 10.3. The Morgan fingerprint density at radius 1 is 0.952 bits per heavy atom. The van der Waals surface area contributed by atoms with Gasteiger partial charge in [0.25, 0.3) is 10.0 Å². The van der Waals surface area contributed by atoms with Crippen LogP contribution in [0.15, 0.2) is 58.3 Å². The molecule has 0 aliphatic heterocycles. The highest BCUT2D eigenvalue weighted by Crippen LogP contribution is 2.21. The van der Waals surface area contributed by atoms with Crippen LogP contribution in [0.3, 0.4) is 0 Å². The number of para-hydroxylation sites is 1. The van der Waals surface area contributed by atoms with Crippen LogP contribution in [-0.4, -0.2) is 16.8 Å². The molecule has 0 spiro atoms. The molecule has 0 atom stereocenters. The summed E-state index contributed by atoms with van der Waals surface area (Å²) in [6, 6.07) is 10.2. The highest BCUT2D eigenvalue weighted by molar-refractivity contribution is 7.92. The topological polar surface area (TPSA) is 106 Å². The van der Waals surface area contributed by atoms with Crippen LogP contribution < -0.4 is 9.86 Å². The molecule has 0 fully saturated rings. The summed E-state index contributed by atoms with van der Waals surface area (Å²) in [6.45, 7) is 0. The van der Waals surface area contributed by atoms with Gasteiger partial charge in [0.2, 0.25) is 10.0 Å². The Bertz CT molecular complexity index is 865. The van der Waals surface area contributed by atoms with Gasteiger partial charge in [0.15, 0.2) is 0 Å². The highest BCUT2D eigenvalue weighted by Gasteiger charge is 2.21. The minimum Gasteiger partial charge on any atom is -0.280 e. The summed E-state index contributed by atoms with van der Waals surface area (Å²) in [6.07, 6.45) is 0. The first-order valence-corrected chi connectivity index (χ1v) is 8.63. The summed E-state index contributed by atoms with van der Waals surface area (Å²) in [7, 11) is -8.27. The van der Waals surface area contributed by atoms with Crippen molar-refractivity contribution in [1.29, 1.82) is 0 Å². The van der Waals surface area contributed by atoms with Gasteiger partial charge in [0, 0.05) is 5.69 Å². The second-order valence-corrected chi connectivity index (χ2v) is 7.32. The number of halogens is 1. The van der Waals surface area contributed by atoms with Crippen LogP contribution in [-0.2, 0) is 20.0 Å². The maximum absolute atomic E-state index is 13.8. The molecule has 0 saturated carbocycles. The molecule has 0 aliphatic carbocycles. The van der Waals surface area contributed by atoms with E-state index in [1.807, 2.05) is 0 Å². The summed E-state index contributed by atoms with van der Waals surface area (Å²) >= 11 is 0. The fourth-order valence-corrected chi connectivity index (χ4v) is 3.24. The fourth-order valence-electron chi connectivity index (χ4n) is 1.59. The van der Waals surface area contributed by atoms with Crippen molar-refractivity contribution in [2.24, 2.45) is 5.14 Å². The Kier molecular flexibility index (Phi) is 3.99. The van der Waals surface area contributed by atoms with Crippen LogP contribution in [0.1, 0.15) is 0 Å². The Balaban J connectivity index is 2.42. The molecule has 0 bridgehead atoms. The molecule has 0 heterocycles. The maximum Gasteiger partial charge on any atom is 0.264 e. The molecule has 0 aromatic heterocycles. The van der Waals surface area contributed by atoms with Gasteiger partial charge in [-0.25, -0.2) is 26.4 Å². The van der Waals surface area contributed by atoms with Crippen LogP contribution in [0.5, 0.6) is 0 Å². The lowest BCUT2D eigenvalue weighted by molar-refractivity contribution is 0.563. The van der Waals surface area contributed by atoms with Gasteiger partial charge in [-0.15, -0.1) is 0 Å². The van der Waals surface area contributed by atoms with Crippen molar-refractivity contribution in [1.82, 2.24) is 0 Å². The predicted octanol–water partition coefficient (Wildman–Crippen LogP) is 1.27. The van der Waals surface area contributed by atoms with Gasteiger partial charge in [-0.3, -0.25) is 4.72 Å². The average molecular weight is 330 g/mol. The van der Waals surface area contributed by atoms with E-state index in [2.05, 4.69) is 4.72 Å². The molecule has 6 nitrogen and oxygen atoms in total. The van der Waals surface area contributed by atoms with Crippen molar-refractivity contribution in [3.05, 3.63) is 54.3 Å². The SMILES string of the molecule is NS(=O)(=O)c1ccc(S(=O)(=O)Nc2ccccc2)c(F)c1. The average Bonchev–Trinajstić information content (AvgIpc) is 2.37. The first kappa shape index (κ1) is 15.4. The van der Waals surface area contributed by atoms with Crippen LogP contribution >= 0.6 is 0 Å². The zero-order valence-corrected chi connectivity index (χ0v) is 12.2. The Labute approximate surface area is 121 Å². The third kappa shape index (κ3) is 3.57. The summed E-state index contributed by atoms with van der Waals surface area (Å²) in [5, 5.41) is 4.85. The van der Waals surface area contributed by atoms with E-state index in [0.717, 1.165) is 12.1 Å². The lowest BCUT2D eigenvalue weighted by Crippen LogP contribution is -2.16. The third-order valence-electron chi connectivity index (χ3n) is 2.55. The molecule has 0 saturated heterocycles. The fraction of sp³-hybridized carbons (Fsp3) is 0. The molecule has 9 heteroatoms. The van der Waals surface area contributed by atoms with E-state index in [9.17, 15) is 21.2 Å². The number of primary sulfonamides is 1. The minimum atomic E-state index is -4.17. The van der Waals surface area contributed by atoms with Crippen molar-refractivity contribution in [2.45, 2.75) is 9.79 Å². The van der Waals surface area contributed by atoms with Crippen molar-refractivity contribution in [3.63, 3.8) is 0 Å². The van der Waals surface area contributed by atoms with Crippen LogP contribution in [0, 0.1) is 5.82 Å². The van der Waals surface area contributed by atoms with E-state index < -0.39 is 35.7 Å². The highest BCUT2D eigenvalue weighted by atomic mass is 32.2. The zero-order valence-electron chi connectivity index (χ0n) is 10.5. The number of sulfonamides is 2. The van der Waals surface area contributed by atoms with Crippen molar-refractivity contribution >= 4 is 25.7 Å². The Morgan fingerprint density at radius 2 is 1.57 bits per heavy atom. The molecule has 0 unspecified atom stereocenters. The molecular formula is C12H11FN2O4S2. The number of anilines is 1. The zero-order chi connectivity index (χ0) is 15.7. The second kappa shape index (κ2) is 5.43. The first-order chi connectivity index (χ1) is 9.70. The second-order valence-electron chi connectivity index (χ2n) is 4.11. The van der Waals surface area contributed by atoms with Gasteiger partial charge in [0.05, 0.1) is 4.90 Å². The summed E-state index contributed by atoms with van der Waals surface area (Å²) in [5.41, 5.74) is 0.257. The smallest absolute Gasteiger partial charge is 0.264 e. The molecule has 3 N–H and O–H groups in total. The number of rotatable bonds is 4. The number of hydrogen-bond acceptors (Lipinski definition) is 4. The predicted molar refractivity (Wildman–Crippen MR) is 75.0 cm³/mol. The monoisotopic (exact) mass is 330 g/mol. The van der Waals surface area contributed by atoms with Crippen LogP contribution in [0.25, 0.3) is 0 Å². The quantitative estimate of drug-likeness (QED) is 0.880. The Hall–Kier alpha value is -1.97. The molecule has 112 valence electrons. The van der Waals surface area contributed by atoms with Crippen LogP contribution in [0.4, 0.5) is 10.1 Å².